The second kappa shape index (κ2) is 6.22. The van der Waals surface area contributed by atoms with E-state index in [1.165, 1.54) is 12.1 Å². The number of hydrogen-bond donors (Lipinski definition) is 2. The SMILES string of the molecule is CC(C)C(C)(C)CNc1ccc(C(F)(F)F)c(C(N)=S)c1. The van der Waals surface area contributed by atoms with Crippen molar-refractivity contribution < 1.29 is 13.2 Å². The summed E-state index contributed by atoms with van der Waals surface area (Å²) < 4.78 is 38.7. The number of hydrogen-bond acceptors (Lipinski definition) is 2. The molecule has 3 N–H and O–H groups in total. The van der Waals surface area contributed by atoms with Crippen LogP contribution in [-0.2, 0) is 6.18 Å². The standard InChI is InChI=1S/C15H21F3N2S/c1-9(2)14(3,4)8-20-10-5-6-12(15(16,17)18)11(7-10)13(19)21/h5-7,9,20H,8H2,1-4H3,(H2,19,21). The molecule has 0 saturated heterocycles. The molecule has 118 valence electrons. The summed E-state index contributed by atoms with van der Waals surface area (Å²) in [6, 6.07) is 3.78. The molecule has 1 aromatic carbocycles. The van der Waals surface area contributed by atoms with Gasteiger partial charge >= 0.3 is 6.18 Å². The zero-order chi connectivity index (χ0) is 16.4. The Bertz CT molecular complexity index is 522. The van der Waals surface area contributed by atoms with Crippen LogP contribution in [0.1, 0.15) is 38.8 Å². The van der Waals surface area contributed by atoms with Crippen molar-refractivity contribution in [3.8, 4) is 0 Å². The van der Waals surface area contributed by atoms with Crippen LogP contribution in [0.2, 0.25) is 0 Å². The van der Waals surface area contributed by atoms with Crippen molar-refractivity contribution in [1.29, 1.82) is 0 Å². The Morgan fingerprint density at radius 3 is 2.29 bits per heavy atom. The molecule has 0 unspecified atom stereocenters. The molecule has 6 heteroatoms. The molecule has 0 heterocycles. The molecule has 21 heavy (non-hydrogen) atoms. The maximum Gasteiger partial charge on any atom is 0.417 e. The highest BCUT2D eigenvalue weighted by molar-refractivity contribution is 7.80. The summed E-state index contributed by atoms with van der Waals surface area (Å²) in [7, 11) is 0. The summed E-state index contributed by atoms with van der Waals surface area (Å²) in [5.41, 5.74) is 5.07. The fraction of sp³-hybridized carbons (Fsp3) is 0.533. The summed E-state index contributed by atoms with van der Waals surface area (Å²) in [4.78, 5) is -0.255. The molecule has 2 nitrogen and oxygen atoms in total. The quantitative estimate of drug-likeness (QED) is 0.789. The monoisotopic (exact) mass is 318 g/mol. The molecule has 0 fully saturated rings. The Morgan fingerprint density at radius 2 is 1.86 bits per heavy atom. The maximum atomic E-state index is 12.9. The Labute approximate surface area is 128 Å². The van der Waals surface area contributed by atoms with Crippen molar-refractivity contribution in [3.05, 3.63) is 29.3 Å². The van der Waals surface area contributed by atoms with Crippen LogP contribution in [-0.4, -0.2) is 11.5 Å². The van der Waals surface area contributed by atoms with Crippen LogP contribution in [0.4, 0.5) is 18.9 Å². The molecule has 0 bridgehead atoms. The highest BCUT2D eigenvalue weighted by Gasteiger charge is 2.34. The van der Waals surface area contributed by atoms with Gasteiger partial charge in [-0.05, 0) is 29.5 Å². The zero-order valence-electron chi connectivity index (χ0n) is 12.6. The van der Waals surface area contributed by atoms with Gasteiger partial charge in [-0.15, -0.1) is 0 Å². The molecule has 1 rings (SSSR count). The van der Waals surface area contributed by atoms with Crippen molar-refractivity contribution in [2.45, 2.75) is 33.9 Å². The molecular weight excluding hydrogens is 297 g/mol. The van der Waals surface area contributed by atoms with Crippen molar-refractivity contribution in [1.82, 2.24) is 0 Å². The zero-order valence-corrected chi connectivity index (χ0v) is 13.5. The molecule has 0 aliphatic heterocycles. The van der Waals surface area contributed by atoms with E-state index in [0.717, 1.165) is 6.07 Å². The predicted octanol–water partition coefficient (Wildman–Crippen LogP) is 4.43. The van der Waals surface area contributed by atoms with Crippen LogP contribution < -0.4 is 11.1 Å². The average molecular weight is 318 g/mol. The van der Waals surface area contributed by atoms with Gasteiger partial charge in [0.2, 0.25) is 0 Å². The number of thiocarbonyl (C=S) groups is 1. The molecule has 0 aliphatic rings. The van der Waals surface area contributed by atoms with Gasteiger partial charge in [-0.1, -0.05) is 39.9 Å². The molecule has 0 spiro atoms. The van der Waals surface area contributed by atoms with Gasteiger partial charge < -0.3 is 11.1 Å². The Balaban J connectivity index is 3.03. The van der Waals surface area contributed by atoms with E-state index in [-0.39, 0.29) is 16.0 Å². The van der Waals surface area contributed by atoms with Crippen molar-refractivity contribution in [2.75, 3.05) is 11.9 Å². The van der Waals surface area contributed by atoms with Gasteiger partial charge in [0, 0.05) is 17.8 Å². The van der Waals surface area contributed by atoms with Crippen LogP contribution in [0.15, 0.2) is 18.2 Å². The Hall–Kier alpha value is -1.30. The lowest BCUT2D eigenvalue weighted by Crippen LogP contribution is -2.28. The first-order chi connectivity index (χ1) is 9.45. The summed E-state index contributed by atoms with van der Waals surface area (Å²) in [6.45, 7) is 9.06. The Morgan fingerprint density at radius 1 is 1.29 bits per heavy atom. The van der Waals surface area contributed by atoms with Crippen molar-refractivity contribution >= 4 is 22.9 Å². The number of nitrogens with two attached hydrogens (primary N) is 1. The number of nitrogens with one attached hydrogen (secondary N) is 1. The molecule has 0 atom stereocenters. The van der Waals surface area contributed by atoms with Gasteiger partial charge in [0.15, 0.2) is 0 Å². The van der Waals surface area contributed by atoms with Crippen molar-refractivity contribution in [2.24, 2.45) is 17.1 Å². The van der Waals surface area contributed by atoms with E-state index < -0.39 is 11.7 Å². The predicted molar refractivity (Wildman–Crippen MR) is 84.4 cm³/mol. The van der Waals surface area contributed by atoms with E-state index in [1.54, 1.807) is 0 Å². The number of rotatable bonds is 5. The summed E-state index contributed by atoms with van der Waals surface area (Å²) in [5.74, 6) is 0.439. The first-order valence-corrected chi connectivity index (χ1v) is 7.11. The highest BCUT2D eigenvalue weighted by Crippen LogP contribution is 2.34. The molecule has 0 amide bonds. The molecule has 0 saturated carbocycles. The topological polar surface area (TPSA) is 38.0 Å². The van der Waals surface area contributed by atoms with Gasteiger partial charge in [-0.2, -0.15) is 13.2 Å². The van der Waals surface area contributed by atoms with Gasteiger partial charge in [0.25, 0.3) is 0 Å². The Kier molecular flexibility index (Phi) is 5.25. The summed E-state index contributed by atoms with van der Waals surface area (Å²) in [6.07, 6.45) is -4.46. The minimum atomic E-state index is -4.46. The van der Waals surface area contributed by atoms with Crippen LogP contribution in [0.5, 0.6) is 0 Å². The molecule has 0 radical (unpaired) electrons. The van der Waals surface area contributed by atoms with Crippen LogP contribution in [0.3, 0.4) is 0 Å². The highest BCUT2D eigenvalue weighted by atomic mass is 32.1. The number of anilines is 1. The largest absolute Gasteiger partial charge is 0.417 e. The van der Waals surface area contributed by atoms with E-state index >= 15 is 0 Å². The minimum absolute atomic E-state index is 0.0199. The third-order valence-corrected chi connectivity index (χ3v) is 4.12. The lowest BCUT2D eigenvalue weighted by atomic mass is 9.81. The molecule has 0 aromatic heterocycles. The van der Waals surface area contributed by atoms with E-state index in [2.05, 4.69) is 33.0 Å². The molecular formula is C15H21F3N2S. The minimum Gasteiger partial charge on any atom is -0.389 e. The van der Waals surface area contributed by atoms with E-state index in [9.17, 15) is 13.2 Å². The number of halogens is 3. The van der Waals surface area contributed by atoms with E-state index in [4.69, 9.17) is 18.0 Å². The smallest absolute Gasteiger partial charge is 0.389 e. The van der Waals surface area contributed by atoms with Crippen LogP contribution in [0.25, 0.3) is 0 Å². The van der Waals surface area contributed by atoms with Gasteiger partial charge in [0.1, 0.15) is 4.99 Å². The number of alkyl halides is 3. The fourth-order valence-electron chi connectivity index (χ4n) is 1.64. The lowest BCUT2D eigenvalue weighted by Gasteiger charge is -2.30. The van der Waals surface area contributed by atoms with E-state index in [1.807, 2.05) is 0 Å². The van der Waals surface area contributed by atoms with Crippen LogP contribution in [0, 0.1) is 11.3 Å². The summed E-state index contributed by atoms with van der Waals surface area (Å²) >= 11 is 4.73. The molecule has 0 aliphatic carbocycles. The molecule has 1 aromatic rings. The van der Waals surface area contributed by atoms with Crippen molar-refractivity contribution in [3.63, 3.8) is 0 Å². The van der Waals surface area contributed by atoms with Gasteiger partial charge in [-0.3, -0.25) is 0 Å². The fourth-order valence-corrected chi connectivity index (χ4v) is 1.81. The lowest BCUT2D eigenvalue weighted by molar-refractivity contribution is -0.137. The van der Waals surface area contributed by atoms with Gasteiger partial charge in [0.05, 0.1) is 5.56 Å². The summed E-state index contributed by atoms with van der Waals surface area (Å²) in [5, 5.41) is 3.16. The first-order valence-electron chi connectivity index (χ1n) is 6.70. The van der Waals surface area contributed by atoms with Crippen LogP contribution >= 0.6 is 12.2 Å². The normalized spacial score (nSPS) is 12.6. The van der Waals surface area contributed by atoms with Gasteiger partial charge in [-0.25, -0.2) is 0 Å². The third kappa shape index (κ3) is 4.59. The second-order valence-electron chi connectivity index (χ2n) is 6.12. The first kappa shape index (κ1) is 17.8. The maximum absolute atomic E-state index is 12.9. The number of benzene rings is 1. The van der Waals surface area contributed by atoms with E-state index in [0.29, 0.717) is 18.2 Å². The second-order valence-corrected chi connectivity index (χ2v) is 6.56. The average Bonchev–Trinajstić information content (AvgIpc) is 2.34. The third-order valence-electron chi connectivity index (χ3n) is 3.90.